The summed E-state index contributed by atoms with van der Waals surface area (Å²) in [5.41, 5.74) is 2.21. The number of hydrogen-bond acceptors (Lipinski definition) is 5. The van der Waals surface area contributed by atoms with Crippen molar-refractivity contribution in [3.63, 3.8) is 0 Å². The molecule has 230 valence electrons. The molecule has 8 heteroatoms. The van der Waals surface area contributed by atoms with E-state index in [-0.39, 0.29) is 30.5 Å². The van der Waals surface area contributed by atoms with Crippen LogP contribution in [0.5, 0.6) is 5.75 Å². The van der Waals surface area contributed by atoms with Crippen LogP contribution in [0, 0.1) is 5.92 Å². The predicted molar refractivity (Wildman–Crippen MR) is 161 cm³/mol. The van der Waals surface area contributed by atoms with Crippen LogP contribution in [0.25, 0.3) is 0 Å². The number of nitrogens with zero attached hydrogens (tertiary/aromatic N) is 3. The van der Waals surface area contributed by atoms with Gasteiger partial charge in [-0.1, -0.05) is 25.5 Å². The average molecular weight is 573 g/mol. The Labute approximate surface area is 247 Å². The second-order valence-electron chi connectivity index (χ2n) is 13.5. The number of quaternary nitrogens is 1. The highest BCUT2D eigenvalue weighted by atomic mass is 16.5. The average Bonchev–Trinajstić information content (AvgIpc) is 3.55. The molecule has 2 fully saturated rings. The molecule has 0 radical (unpaired) electrons. The number of benzene rings is 1. The normalized spacial score (nSPS) is 24.7. The molecule has 1 amide bonds. The highest BCUT2D eigenvalue weighted by molar-refractivity contribution is 5.79. The fourth-order valence-corrected chi connectivity index (χ4v) is 6.89. The smallest absolute Gasteiger partial charge is 0.308 e. The van der Waals surface area contributed by atoms with E-state index in [4.69, 9.17) is 9.47 Å². The van der Waals surface area contributed by atoms with Gasteiger partial charge in [0, 0.05) is 44.6 Å². The van der Waals surface area contributed by atoms with Gasteiger partial charge in [-0.3, -0.25) is 14.5 Å². The van der Waals surface area contributed by atoms with Gasteiger partial charge in [-0.05, 0) is 68.6 Å². The Hall–Kier alpha value is -2.16. The maximum atomic E-state index is 13.8. The van der Waals surface area contributed by atoms with E-state index in [1.54, 1.807) is 0 Å². The summed E-state index contributed by atoms with van der Waals surface area (Å²) in [4.78, 5) is 30.9. The van der Waals surface area contributed by atoms with Gasteiger partial charge in [0.2, 0.25) is 5.91 Å². The molecule has 4 rings (SSSR count). The largest absolute Gasteiger partial charge is 0.493 e. The lowest BCUT2D eigenvalue weighted by molar-refractivity contribution is -0.870. The number of carbonyl (C=O) groups excluding carboxylic acids is 1. The maximum Gasteiger partial charge on any atom is 0.308 e. The van der Waals surface area contributed by atoms with Crippen molar-refractivity contribution in [2.24, 2.45) is 5.92 Å². The molecule has 0 aliphatic carbocycles. The number of likely N-dealkylation sites (tertiary alicyclic amines) is 1. The first kappa shape index (κ1) is 31.8. The zero-order valence-electron chi connectivity index (χ0n) is 26.0. The number of fused-ring (bicyclic) bond motifs is 1. The Morgan fingerprint density at radius 2 is 1.88 bits per heavy atom. The number of carboxylic acids is 1. The minimum Gasteiger partial charge on any atom is -0.493 e. The highest BCUT2D eigenvalue weighted by Crippen LogP contribution is 2.41. The molecule has 41 heavy (non-hydrogen) atoms. The first-order chi connectivity index (χ1) is 19.7. The van der Waals surface area contributed by atoms with Gasteiger partial charge < -0.3 is 24.0 Å². The Kier molecular flexibility index (Phi) is 11.5. The zero-order chi connectivity index (χ0) is 29.4. The number of aliphatic carboxylic acids is 1. The molecule has 3 heterocycles. The lowest BCUT2D eigenvalue weighted by Gasteiger charge is -2.31. The molecule has 3 aliphatic heterocycles. The monoisotopic (exact) mass is 572 g/mol. The van der Waals surface area contributed by atoms with Gasteiger partial charge in [-0.2, -0.15) is 0 Å². The molecule has 0 aromatic heterocycles. The molecule has 4 atom stereocenters. The van der Waals surface area contributed by atoms with Crippen molar-refractivity contribution in [2.75, 3.05) is 67.1 Å². The molecular weight excluding hydrogens is 518 g/mol. The number of hydrogen-bond donors (Lipinski definition) is 1. The summed E-state index contributed by atoms with van der Waals surface area (Å²) in [6, 6.07) is 6.00. The summed E-state index contributed by atoms with van der Waals surface area (Å²) in [7, 11) is 6.61. The quantitative estimate of drug-likeness (QED) is 0.245. The lowest BCUT2D eigenvalue weighted by atomic mass is 9.82. The fraction of sp³-hybridized carbons (Fsp3) is 0.758. The van der Waals surface area contributed by atoms with Gasteiger partial charge >= 0.3 is 5.97 Å². The van der Waals surface area contributed by atoms with E-state index in [2.05, 4.69) is 39.0 Å². The summed E-state index contributed by atoms with van der Waals surface area (Å²) in [5, 5.41) is 10.6. The first-order valence-corrected chi connectivity index (χ1v) is 16.1. The van der Waals surface area contributed by atoms with E-state index >= 15 is 0 Å². The summed E-state index contributed by atoms with van der Waals surface area (Å²) in [5.74, 6) is -0.430. The molecular formula is C33H54N3O5+. The van der Waals surface area contributed by atoms with Crippen LogP contribution in [0.1, 0.15) is 81.8 Å². The van der Waals surface area contributed by atoms with Crippen molar-refractivity contribution < 1.29 is 28.7 Å². The van der Waals surface area contributed by atoms with E-state index in [0.717, 1.165) is 105 Å². The van der Waals surface area contributed by atoms with Crippen molar-refractivity contribution in [2.45, 2.75) is 89.2 Å². The first-order valence-electron chi connectivity index (χ1n) is 16.1. The number of ether oxygens (including phenoxy) is 2. The van der Waals surface area contributed by atoms with Crippen LogP contribution < -0.4 is 4.74 Å². The van der Waals surface area contributed by atoms with Crippen molar-refractivity contribution in [1.29, 1.82) is 0 Å². The Balaban J connectivity index is 1.51. The number of carbonyl (C=O) groups is 2. The van der Waals surface area contributed by atoms with Crippen LogP contribution in [0.4, 0.5) is 0 Å². The van der Waals surface area contributed by atoms with E-state index in [1.807, 2.05) is 17.0 Å². The summed E-state index contributed by atoms with van der Waals surface area (Å²) >= 11 is 0. The number of carboxylic acid groups (broad SMARTS) is 1. The van der Waals surface area contributed by atoms with Gasteiger partial charge in [0.1, 0.15) is 5.75 Å². The minimum absolute atomic E-state index is 0.134. The molecule has 8 nitrogen and oxygen atoms in total. The van der Waals surface area contributed by atoms with Crippen molar-refractivity contribution in [3.8, 4) is 5.75 Å². The summed E-state index contributed by atoms with van der Waals surface area (Å²) in [6.07, 6.45) is 10.0. The minimum atomic E-state index is -0.764. The molecule has 3 aliphatic rings. The van der Waals surface area contributed by atoms with Crippen LogP contribution in [0.15, 0.2) is 18.2 Å². The molecule has 0 bridgehead atoms. The Morgan fingerprint density at radius 3 is 2.59 bits per heavy atom. The van der Waals surface area contributed by atoms with Gasteiger partial charge in [-0.15, -0.1) is 0 Å². The third-order valence-electron chi connectivity index (χ3n) is 9.21. The Morgan fingerprint density at radius 1 is 1.07 bits per heavy atom. The predicted octanol–water partition coefficient (Wildman–Crippen LogP) is 4.55. The third-order valence-corrected chi connectivity index (χ3v) is 9.21. The standard InChI is InChI=1S/C33H53N3O5/c1-5-6-17-34(18-8-9-19-36(2,3)4)31(37)24-35-23-28(25-12-15-30-26(22-25)16-21-41-30)32(33(38)39)29(35)14-13-27-11-7-10-20-40-27/h12,15,22,27-29,32H,5-11,13-14,16-21,23-24H2,1-4H3/p+1/t27?,28-,29+,32-/m1/s1. The van der Waals surface area contributed by atoms with Crippen LogP contribution in [-0.4, -0.2) is 110 Å². The van der Waals surface area contributed by atoms with Crippen LogP contribution in [0.3, 0.4) is 0 Å². The molecule has 0 spiro atoms. The van der Waals surface area contributed by atoms with E-state index in [0.29, 0.717) is 13.2 Å². The summed E-state index contributed by atoms with van der Waals surface area (Å²) in [6.45, 7) is 7.12. The van der Waals surface area contributed by atoms with Crippen molar-refractivity contribution in [3.05, 3.63) is 29.3 Å². The second-order valence-corrected chi connectivity index (χ2v) is 13.5. The molecule has 2 saturated heterocycles. The maximum absolute atomic E-state index is 13.8. The van der Waals surface area contributed by atoms with Gasteiger partial charge in [-0.25, -0.2) is 0 Å². The second kappa shape index (κ2) is 14.8. The molecule has 1 N–H and O–H groups in total. The molecule has 1 unspecified atom stereocenters. The van der Waals surface area contributed by atoms with E-state index < -0.39 is 11.9 Å². The molecule has 1 aromatic rings. The van der Waals surface area contributed by atoms with Crippen molar-refractivity contribution in [1.82, 2.24) is 9.80 Å². The summed E-state index contributed by atoms with van der Waals surface area (Å²) < 4.78 is 12.7. The molecule has 0 saturated carbocycles. The Bertz CT molecular complexity index is 1000. The van der Waals surface area contributed by atoms with E-state index in [1.165, 1.54) is 6.42 Å². The van der Waals surface area contributed by atoms with Crippen LogP contribution >= 0.6 is 0 Å². The highest BCUT2D eigenvalue weighted by Gasteiger charge is 2.47. The SMILES string of the molecule is CCCCN(CCCC[N+](C)(C)C)C(=O)CN1C[C@H](c2ccc3c(c2)CCO3)[C@@H](C(=O)O)[C@@H]1CCC1CCCCO1. The zero-order valence-corrected chi connectivity index (χ0v) is 26.0. The topological polar surface area (TPSA) is 79.3 Å². The third kappa shape index (κ3) is 8.91. The lowest BCUT2D eigenvalue weighted by Crippen LogP contribution is -2.45. The van der Waals surface area contributed by atoms with Gasteiger partial charge in [0.25, 0.3) is 0 Å². The number of unbranched alkanes of at least 4 members (excludes halogenated alkanes) is 2. The van der Waals surface area contributed by atoms with Gasteiger partial charge in [0.05, 0.1) is 52.9 Å². The van der Waals surface area contributed by atoms with E-state index in [9.17, 15) is 14.7 Å². The molecule has 1 aromatic carbocycles. The van der Waals surface area contributed by atoms with Gasteiger partial charge in [0.15, 0.2) is 0 Å². The number of rotatable bonds is 15. The number of amides is 1. The van der Waals surface area contributed by atoms with Crippen LogP contribution in [0.2, 0.25) is 0 Å². The fourth-order valence-electron chi connectivity index (χ4n) is 6.89. The van der Waals surface area contributed by atoms with Crippen molar-refractivity contribution >= 4 is 11.9 Å². The van der Waals surface area contributed by atoms with Crippen LogP contribution in [-0.2, 0) is 20.7 Å².